The van der Waals surface area contributed by atoms with Crippen molar-refractivity contribution in [2.24, 2.45) is 5.50 Å². The Morgan fingerprint density at radius 2 is 2.04 bits per heavy atom. The van der Waals surface area contributed by atoms with Crippen molar-refractivity contribution in [3.8, 4) is 0 Å². The molecule has 1 unspecified atom stereocenters. The minimum Gasteiger partial charge on any atom is -0.394 e. The molecule has 1 fully saturated rings. The molecule has 160 valence electrons. The molecule has 1 saturated heterocycles. The number of H-pyrrole nitrogens is 1. The Bertz CT molecular complexity index is 737. The predicted molar refractivity (Wildman–Crippen MR) is 107 cm³/mol. The lowest BCUT2D eigenvalue weighted by Gasteiger charge is -2.31. The van der Waals surface area contributed by atoms with Crippen LogP contribution in [0.1, 0.15) is 63.9 Å². The molecule has 0 amide bonds. The van der Waals surface area contributed by atoms with Gasteiger partial charge < -0.3 is 19.3 Å². The number of hydrogen-bond donors (Lipinski definition) is 4. The van der Waals surface area contributed by atoms with Crippen LogP contribution in [-0.2, 0) is 15.0 Å². The van der Waals surface area contributed by atoms with Crippen molar-refractivity contribution in [1.82, 2.24) is 9.55 Å². The highest BCUT2D eigenvalue weighted by Gasteiger charge is 2.49. The first-order valence-electron chi connectivity index (χ1n) is 9.85. The van der Waals surface area contributed by atoms with Crippen molar-refractivity contribution in [3.63, 3.8) is 0 Å². The first-order chi connectivity index (χ1) is 13.3. The van der Waals surface area contributed by atoms with Crippen LogP contribution in [0, 0.1) is 6.92 Å². The molecular formula is C18H32N3O6P. The summed E-state index contributed by atoms with van der Waals surface area (Å²) >= 11 is 0. The second kappa shape index (κ2) is 10.6. The van der Waals surface area contributed by atoms with Gasteiger partial charge in [-0.25, -0.2) is 4.79 Å². The molecule has 2 rings (SSSR count). The van der Waals surface area contributed by atoms with Crippen molar-refractivity contribution < 1.29 is 19.3 Å². The maximum absolute atomic E-state index is 12.5. The second-order valence-electron chi connectivity index (χ2n) is 7.39. The van der Waals surface area contributed by atoms with Crippen LogP contribution in [0.5, 0.6) is 0 Å². The fourth-order valence-corrected chi connectivity index (χ4v) is 4.23. The van der Waals surface area contributed by atoms with Crippen LogP contribution in [0.3, 0.4) is 0 Å². The smallest absolute Gasteiger partial charge is 0.330 e. The second-order valence-corrected chi connectivity index (χ2v) is 8.21. The number of aliphatic hydroxyl groups is 1. The van der Waals surface area contributed by atoms with Gasteiger partial charge in [-0.2, -0.15) is 0 Å². The predicted octanol–water partition coefficient (Wildman–Crippen LogP) is 1.59. The topological polar surface area (TPSA) is 140 Å². The average Bonchev–Trinajstić information content (AvgIpc) is 2.99. The molecule has 4 atom stereocenters. The van der Waals surface area contributed by atoms with Crippen molar-refractivity contribution in [1.29, 1.82) is 0 Å². The van der Waals surface area contributed by atoms with E-state index < -0.39 is 37.7 Å². The van der Waals surface area contributed by atoms with Gasteiger partial charge in [0.2, 0.25) is 8.53 Å². The van der Waals surface area contributed by atoms with E-state index in [2.05, 4.69) is 11.9 Å². The number of aromatic nitrogens is 2. The van der Waals surface area contributed by atoms with Crippen LogP contribution in [0.15, 0.2) is 15.8 Å². The van der Waals surface area contributed by atoms with Crippen LogP contribution in [-0.4, -0.2) is 38.4 Å². The molecule has 1 aliphatic heterocycles. The van der Waals surface area contributed by atoms with Crippen molar-refractivity contribution in [2.45, 2.75) is 83.1 Å². The van der Waals surface area contributed by atoms with Gasteiger partial charge in [0, 0.05) is 18.2 Å². The van der Waals surface area contributed by atoms with Gasteiger partial charge in [-0.15, -0.1) is 0 Å². The molecular weight excluding hydrogens is 385 g/mol. The Morgan fingerprint density at radius 3 is 2.68 bits per heavy atom. The van der Waals surface area contributed by atoms with E-state index in [0.29, 0.717) is 12.0 Å². The summed E-state index contributed by atoms with van der Waals surface area (Å²) in [5.74, 6) is 0. The molecule has 9 nitrogen and oxygen atoms in total. The number of nitrogens with zero attached hydrogens (tertiary/aromatic N) is 1. The first-order valence-corrected chi connectivity index (χ1v) is 11.1. The average molecular weight is 417 g/mol. The Hall–Kier alpha value is -1.09. The minimum absolute atomic E-state index is 0.245. The van der Waals surface area contributed by atoms with E-state index in [4.69, 9.17) is 14.8 Å². The maximum Gasteiger partial charge on any atom is 0.330 e. The normalized spacial score (nSPS) is 25.9. The van der Waals surface area contributed by atoms with Gasteiger partial charge in [0.25, 0.3) is 5.56 Å². The summed E-state index contributed by atoms with van der Waals surface area (Å²) in [4.78, 5) is 36.1. The van der Waals surface area contributed by atoms with Gasteiger partial charge in [0.1, 0.15) is 6.10 Å². The van der Waals surface area contributed by atoms with E-state index in [9.17, 15) is 19.6 Å². The Labute approximate surface area is 165 Å². The van der Waals surface area contributed by atoms with Gasteiger partial charge in [0.05, 0.1) is 12.7 Å². The molecule has 1 aromatic rings. The minimum atomic E-state index is -2.13. The van der Waals surface area contributed by atoms with Gasteiger partial charge in [-0.3, -0.25) is 19.8 Å². The lowest BCUT2D eigenvalue weighted by Crippen LogP contribution is -2.45. The lowest BCUT2D eigenvalue weighted by atomic mass is 9.98. The summed E-state index contributed by atoms with van der Waals surface area (Å²) in [7, 11) is -2.13. The zero-order valence-corrected chi connectivity index (χ0v) is 17.5. The van der Waals surface area contributed by atoms with Gasteiger partial charge >= 0.3 is 5.69 Å². The third-order valence-electron chi connectivity index (χ3n) is 5.21. The number of nitrogens with two attached hydrogens (primary N) is 1. The molecule has 0 saturated carbocycles. The van der Waals surface area contributed by atoms with Crippen LogP contribution in [0.4, 0.5) is 0 Å². The van der Waals surface area contributed by atoms with E-state index in [1.54, 1.807) is 6.92 Å². The highest BCUT2D eigenvalue weighted by molar-refractivity contribution is 7.43. The van der Waals surface area contributed by atoms with Gasteiger partial charge in [-0.05, 0) is 19.8 Å². The van der Waals surface area contributed by atoms with Crippen molar-refractivity contribution in [3.05, 3.63) is 32.6 Å². The number of nitrogens with one attached hydrogen (secondary N) is 1. The molecule has 1 aromatic heterocycles. The number of hydrogen-bond acceptors (Lipinski definition) is 7. The van der Waals surface area contributed by atoms with Crippen LogP contribution in [0.2, 0.25) is 0 Å². The van der Waals surface area contributed by atoms with Gasteiger partial charge in [-0.1, -0.05) is 39.0 Å². The molecule has 0 aliphatic carbocycles. The summed E-state index contributed by atoms with van der Waals surface area (Å²) in [5.41, 5.74) is 3.71. The summed E-state index contributed by atoms with van der Waals surface area (Å²) in [6, 6.07) is 0. The Balaban J connectivity index is 2.27. The summed E-state index contributed by atoms with van der Waals surface area (Å²) in [6.45, 7) is 3.45. The number of aryl methyl sites for hydroxylation is 1. The zero-order valence-electron chi connectivity index (χ0n) is 16.6. The largest absolute Gasteiger partial charge is 0.394 e. The number of aliphatic hydroxyl groups excluding tert-OH is 1. The molecule has 0 radical (unpaired) electrons. The Kier molecular flexibility index (Phi) is 8.80. The number of ether oxygens (including phenoxy) is 1. The van der Waals surface area contributed by atoms with E-state index in [1.165, 1.54) is 23.6 Å². The third-order valence-corrected chi connectivity index (χ3v) is 5.70. The van der Waals surface area contributed by atoms with Crippen molar-refractivity contribution in [2.75, 3.05) is 6.61 Å². The number of unbranched alkanes of at least 4 members (excludes halogenated alkanes) is 5. The quantitative estimate of drug-likeness (QED) is 0.317. The number of rotatable bonds is 11. The third kappa shape index (κ3) is 5.72. The molecule has 5 N–H and O–H groups in total. The van der Waals surface area contributed by atoms with E-state index in [-0.39, 0.29) is 13.0 Å². The van der Waals surface area contributed by atoms with E-state index in [0.717, 1.165) is 25.7 Å². The molecule has 10 heteroatoms. The molecule has 1 aliphatic rings. The standard InChI is InChI=1S/C18H32N3O6P/c1-3-4-5-6-7-8-9-18(21-11-13(2)16(23)20-17(21)24)10-14(27-28(19)25)15(12-22)26-18/h11,14-15,22,25H,3-10,12,19H2,1-2H3,(H,20,23,24)/t14-,15+,18+,28?/m0/s1. The lowest BCUT2D eigenvalue weighted by molar-refractivity contribution is -0.124. The van der Waals surface area contributed by atoms with Gasteiger partial charge in [0.15, 0.2) is 5.72 Å². The zero-order chi connectivity index (χ0) is 20.7. The Morgan fingerprint density at radius 1 is 1.36 bits per heavy atom. The molecule has 0 spiro atoms. The molecule has 28 heavy (non-hydrogen) atoms. The monoisotopic (exact) mass is 417 g/mol. The highest BCUT2D eigenvalue weighted by Crippen LogP contribution is 2.43. The SMILES string of the molecule is CCCCCCCC[C@]1(n2cc(C)c(=O)[nH]c2=O)C[C@H](OP(N)O)[C@@H](CO)O1. The maximum atomic E-state index is 12.5. The van der Waals surface area contributed by atoms with E-state index in [1.807, 2.05) is 0 Å². The summed E-state index contributed by atoms with van der Waals surface area (Å²) < 4.78 is 12.9. The summed E-state index contributed by atoms with van der Waals surface area (Å²) in [5, 5.41) is 9.70. The molecule has 0 bridgehead atoms. The van der Waals surface area contributed by atoms with Crippen molar-refractivity contribution >= 4 is 8.53 Å². The highest BCUT2D eigenvalue weighted by atomic mass is 31.2. The van der Waals surface area contributed by atoms with Crippen LogP contribution < -0.4 is 16.8 Å². The van der Waals surface area contributed by atoms with E-state index >= 15 is 0 Å². The van der Waals surface area contributed by atoms with Crippen LogP contribution >= 0.6 is 8.53 Å². The van der Waals surface area contributed by atoms with Crippen LogP contribution in [0.25, 0.3) is 0 Å². The summed E-state index contributed by atoms with van der Waals surface area (Å²) in [6.07, 6.45) is 7.30. The molecule has 2 heterocycles. The first kappa shape index (κ1) is 23.2. The molecule has 0 aromatic carbocycles. The fourth-order valence-electron chi connectivity index (χ4n) is 3.74. The number of aromatic amines is 1. The fraction of sp³-hybridized carbons (Fsp3) is 0.778.